The van der Waals surface area contributed by atoms with Crippen molar-refractivity contribution < 1.29 is 14.3 Å². The molecular weight excluding hydrogens is 362 g/mol. The maximum Gasteiger partial charge on any atom is 0.338 e. The van der Waals surface area contributed by atoms with Gasteiger partial charge in [-0.15, -0.1) is 0 Å². The molecule has 1 amide bonds. The second-order valence-electron chi connectivity index (χ2n) is 6.92. The average molecular weight is 387 g/mol. The van der Waals surface area contributed by atoms with Crippen molar-refractivity contribution in [2.24, 2.45) is 0 Å². The van der Waals surface area contributed by atoms with Crippen LogP contribution >= 0.6 is 0 Å². The van der Waals surface area contributed by atoms with Crippen LogP contribution in [0.3, 0.4) is 0 Å². The van der Waals surface area contributed by atoms with E-state index in [9.17, 15) is 9.59 Å². The number of hydrogen-bond acceptors (Lipinski definition) is 3. The molecule has 0 radical (unpaired) electrons. The highest BCUT2D eigenvalue weighted by Crippen LogP contribution is 2.14. The van der Waals surface area contributed by atoms with Gasteiger partial charge in [-0.1, -0.05) is 78.9 Å². The van der Waals surface area contributed by atoms with Crippen LogP contribution < -0.4 is 5.32 Å². The number of carbonyl (C=O) groups excluding carboxylic acids is 2. The lowest BCUT2D eigenvalue weighted by atomic mass is 10.00. The van der Waals surface area contributed by atoms with Crippen LogP contribution in [-0.4, -0.2) is 18.5 Å². The normalized spacial score (nSPS) is 11.5. The number of amides is 1. The Hall–Kier alpha value is -3.40. The number of nitrogens with one attached hydrogen (secondary N) is 1. The number of rotatable bonds is 8. The summed E-state index contributed by atoms with van der Waals surface area (Å²) in [5.41, 5.74) is 3.63. The van der Waals surface area contributed by atoms with Crippen molar-refractivity contribution in [1.29, 1.82) is 0 Å². The molecule has 0 spiro atoms. The minimum Gasteiger partial charge on any atom is -0.452 e. The smallest absolute Gasteiger partial charge is 0.338 e. The highest BCUT2D eigenvalue weighted by atomic mass is 16.5. The summed E-state index contributed by atoms with van der Waals surface area (Å²) in [5.74, 6) is -0.798. The number of aryl methyl sites for hydroxylation is 2. The van der Waals surface area contributed by atoms with E-state index >= 15 is 0 Å². The summed E-state index contributed by atoms with van der Waals surface area (Å²) in [6, 6.07) is 27.0. The van der Waals surface area contributed by atoms with Crippen molar-refractivity contribution in [3.05, 3.63) is 107 Å². The minimum absolute atomic E-state index is 0.152. The molecule has 0 fully saturated rings. The van der Waals surface area contributed by atoms with Gasteiger partial charge in [0.1, 0.15) is 0 Å². The maximum atomic E-state index is 12.5. The zero-order valence-corrected chi connectivity index (χ0v) is 16.5. The molecule has 29 heavy (non-hydrogen) atoms. The van der Waals surface area contributed by atoms with Crippen LogP contribution in [-0.2, 0) is 22.4 Å². The van der Waals surface area contributed by atoms with Crippen LogP contribution in [0.4, 0.5) is 0 Å². The quantitative estimate of drug-likeness (QED) is 0.579. The lowest BCUT2D eigenvalue weighted by molar-refractivity contribution is -0.124. The van der Waals surface area contributed by atoms with Gasteiger partial charge in [-0.25, -0.2) is 4.79 Å². The highest BCUT2D eigenvalue weighted by molar-refractivity contribution is 5.92. The first-order chi connectivity index (χ1) is 14.1. The molecule has 3 rings (SSSR count). The molecule has 1 atom stereocenters. The van der Waals surface area contributed by atoms with Crippen molar-refractivity contribution in [1.82, 2.24) is 5.32 Å². The van der Waals surface area contributed by atoms with E-state index in [2.05, 4.69) is 17.4 Å². The zero-order valence-electron chi connectivity index (χ0n) is 16.5. The van der Waals surface area contributed by atoms with Crippen LogP contribution in [0.5, 0.6) is 0 Å². The van der Waals surface area contributed by atoms with Crippen LogP contribution in [0, 0.1) is 0 Å². The summed E-state index contributed by atoms with van der Waals surface area (Å²) >= 11 is 0. The monoisotopic (exact) mass is 387 g/mol. The third kappa shape index (κ3) is 6.04. The summed E-state index contributed by atoms with van der Waals surface area (Å²) in [6.45, 7) is 1.59. The van der Waals surface area contributed by atoms with Gasteiger partial charge in [-0.05, 0) is 42.5 Å². The van der Waals surface area contributed by atoms with E-state index in [4.69, 9.17) is 4.74 Å². The fourth-order valence-corrected chi connectivity index (χ4v) is 3.18. The van der Waals surface area contributed by atoms with Crippen molar-refractivity contribution in [2.45, 2.75) is 25.8 Å². The molecule has 0 heterocycles. The molecule has 0 aliphatic rings. The Morgan fingerprint density at radius 2 is 1.45 bits per heavy atom. The van der Waals surface area contributed by atoms with Crippen LogP contribution in [0.2, 0.25) is 0 Å². The van der Waals surface area contributed by atoms with Crippen LogP contribution in [0.25, 0.3) is 0 Å². The third-order valence-corrected chi connectivity index (χ3v) is 4.77. The van der Waals surface area contributed by atoms with Crippen molar-refractivity contribution >= 4 is 11.9 Å². The van der Waals surface area contributed by atoms with Gasteiger partial charge in [-0.2, -0.15) is 0 Å². The van der Waals surface area contributed by atoms with Gasteiger partial charge < -0.3 is 10.1 Å². The Morgan fingerprint density at radius 1 is 0.828 bits per heavy atom. The lowest BCUT2D eigenvalue weighted by Gasteiger charge is -2.15. The van der Waals surface area contributed by atoms with Crippen LogP contribution in [0.15, 0.2) is 84.9 Å². The third-order valence-electron chi connectivity index (χ3n) is 4.77. The SMILES string of the molecule is C[C@H](NC(=O)COC(=O)c1ccccc1CCc1ccccc1)c1ccccc1. The fourth-order valence-electron chi connectivity index (χ4n) is 3.18. The van der Waals surface area contributed by atoms with Gasteiger partial charge in [-0.3, -0.25) is 4.79 Å². The Bertz CT molecular complexity index is 939. The molecule has 4 nitrogen and oxygen atoms in total. The fraction of sp³-hybridized carbons (Fsp3) is 0.200. The number of benzene rings is 3. The van der Waals surface area contributed by atoms with Gasteiger partial charge >= 0.3 is 5.97 Å². The summed E-state index contributed by atoms with van der Waals surface area (Å²) in [6.07, 6.45) is 1.56. The number of ether oxygens (including phenoxy) is 1. The first-order valence-corrected chi connectivity index (χ1v) is 9.77. The largest absolute Gasteiger partial charge is 0.452 e. The molecule has 0 saturated carbocycles. The van der Waals surface area contributed by atoms with Crippen molar-refractivity contribution in [2.75, 3.05) is 6.61 Å². The highest BCUT2D eigenvalue weighted by Gasteiger charge is 2.15. The summed E-state index contributed by atoms with van der Waals surface area (Å²) < 4.78 is 5.27. The molecule has 1 N–H and O–H groups in total. The van der Waals surface area contributed by atoms with E-state index < -0.39 is 5.97 Å². The molecule has 0 aliphatic carbocycles. The molecule has 148 valence electrons. The minimum atomic E-state index is -0.476. The molecular formula is C25H25NO3. The zero-order chi connectivity index (χ0) is 20.5. The average Bonchev–Trinajstić information content (AvgIpc) is 2.77. The Balaban J connectivity index is 1.54. The molecule has 0 saturated heterocycles. The van der Waals surface area contributed by atoms with Crippen LogP contribution in [0.1, 0.15) is 40.0 Å². The molecule has 0 bridgehead atoms. The van der Waals surface area contributed by atoms with Crippen molar-refractivity contribution in [3.63, 3.8) is 0 Å². The second-order valence-corrected chi connectivity index (χ2v) is 6.92. The standard InChI is InChI=1S/C25H25NO3/c1-19(21-12-6-3-7-13-21)26-24(27)18-29-25(28)23-15-9-8-14-22(23)17-16-20-10-4-2-5-11-20/h2-15,19H,16-18H2,1H3,(H,26,27)/t19-/m0/s1. The first-order valence-electron chi connectivity index (χ1n) is 9.77. The van der Waals surface area contributed by atoms with E-state index in [1.165, 1.54) is 5.56 Å². The Kier molecular flexibility index (Phi) is 7.17. The van der Waals surface area contributed by atoms with Gasteiger partial charge in [0, 0.05) is 0 Å². The van der Waals surface area contributed by atoms with E-state index in [1.54, 1.807) is 12.1 Å². The summed E-state index contributed by atoms with van der Waals surface area (Å²) in [7, 11) is 0. The molecule has 3 aromatic carbocycles. The molecule has 3 aromatic rings. The number of hydrogen-bond donors (Lipinski definition) is 1. The van der Waals surface area contributed by atoms with E-state index in [1.807, 2.05) is 67.6 Å². The van der Waals surface area contributed by atoms with E-state index in [-0.39, 0.29) is 18.6 Å². The first kappa shape index (κ1) is 20.3. The van der Waals surface area contributed by atoms with Gasteiger partial charge in [0.15, 0.2) is 6.61 Å². The van der Waals surface area contributed by atoms with E-state index in [0.717, 1.165) is 24.0 Å². The summed E-state index contributed by atoms with van der Waals surface area (Å²) in [4.78, 5) is 24.7. The van der Waals surface area contributed by atoms with Crippen molar-refractivity contribution in [3.8, 4) is 0 Å². The van der Waals surface area contributed by atoms with Gasteiger partial charge in [0.05, 0.1) is 11.6 Å². The predicted molar refractivity (Wildman–Crippen MR) is 114 cm³/mol. The Morgan fingerprint density at radius 3 is 2.17 bits per heavy atom. The van der Waals surface area contributed by atoms with Gasteiger partial charge in [0.2, 0.25) is 0 Å². The molecule has 0 unspecified atom stereocenters. The Labute approximate surface area is 171 Å². The topological polar surface area (TPSA) is 55.4 Å². The molecule has 0 aliphatic heterocycles. The molecule has 0 aromatic heterocycles. The van der Waals surface area contributed by atoms with Gasteiger partial charge in [0.25, 0.3) is 5.91 Å². The number of esters is 1. The summed E-state index contributed by atoms with van der Waals surface area (Å²) in [5, 5.41) is 2.85. The lowest BCUT2D eigenvalue weighted by Crippen LogP contribution is -2.31. The van der Waals surface area contributed by atoms with E-state index in [0.29, 0.717) is 5.56 Å². The number of carbonyl (C=O) groups is 2. The second kappa shape index (κ2) is 10.2. The molecule has 4 heteroatoms. The maximum absolute atomic E-state index is 12.5. The predicted octanol–water partition coefficient (Wildman–Crippen LogP) is 4.51.